The summed E-state index contributed by atoms with van der Waals surface area (Å²) in [5.41, 5.74) is 3.13. The van der Waals surface area contributed by atoms with Gasteiger partial charge in [0.2, 0.25) is 0 Å². The van der Waals surface area contributed by atoms with Gasteiger partial charge in [-0.1, -0.05) is 36.4 Å². The van der Waals surface area contributed by atoms with Gasteiger partial charge in [0, 0.05) is 11.1 Å². The van der Waals surface area contributed by atoms with Crippen molar-refractivity contribution in [1.29, 1.82) is 0 Å². The van der Waals surface area contributed by atoms with Crippen LogP contribution in [-0.2, 0) is 25.7 Å². The number of aryl methyl sites for hydroxylation is 4. The molecule has 0 radical (unpaired) electrons. The van der Waals surface area contributed by atoms with Crippen LogP contribution < -0.4 is 9.47 Å². The molecule has 0 fully saturated rings. The third kappa shape index (κ3) is 6.29. The molecule has 1 heterocycles. The molecule has 7 heteroatoms. The molecule has 0 aliphatic carbocycles. The third-order valence-electron chi connectivity index (χ3n) is 5.77. The van der Waals surface area contributed by atoms with Gasteiger partial charge < -0.3 is 9.47 Å². The predicted octanol–water partition coefficient (Wildman–Crippen LogP) is 7.08. The summed E-state index contributed by atoms with van der Waals surface area (Å²) in [6, 6.07) is 17.0. The molecule has 182 valence electrons. The van der Waals surface area contributed by atoms with Crippen LogP contribution in [0.4, 0.5) is 17.6 Å². The second-order valence-electron chi connectivity index (χ2n) is 8.16. The Bertz CT molecular complexity index is 1290. The summed E-state index contributed by atoms with van der Waals surface area (Å²) in [7, 11) is 0. The fraction of sp³-hybridized carbons (Fsp3) is 0.250. The standard InChI is InChI=1S/C28H25F4NO2/c1-2-34-23-12-11-22(33-17-23)10-4-18-5-13-24-21(15-18)9-8-20(27(24)30)7-3-19-6-14-26(25(29)16-19)35-28(31)32/h5-6,8-9,11-17,28H,2-4,7,10H2,1H3. The number of benzene rings is 3. The summed E-state index contributed by atoms with van der Waals surface area (Å²) in [5, 5.41) is 1.33. The average molecular weight is 484 g/mol. The van der Waals surface area contributed by atoms with Crippen LogP contribution in [0, 0.1) is 11.6 Å². The van der Waals surface area contributed by atoms with Gasteiger partial charge in [0.15, 0.2) is 11.6 Å². The Morgan fingerprint density at radius 1 is 0.829 bits per heavy atom. The lowest BCUT2D eigenvalue weighted by atomic mass is 9.98. The van der Waals surface area contributed by atoms with Crippen LogP contribution in [-0.4, -0.2) is 18.2 Å². The molecule has 3 nitrogen and oxygen atoms in total. The van der Waals surface area contributed by atoms with E-state index >= 15 is 4.39 Å². The largest absolute Gasteiger partial charge is 0.492 e. The Morgan fingerprint density at radius 3 is 2.31 bits per heavy atom. The van der Waals surface area contributed by atoms with Crippen molar-refractivity contribution in [3.05, 3.63) is 101 Å². The molecule has 1 aromatic heterocycles. The number of hydrogen-bond acceptors (Lipinski definition) is 3. The number of rotatable bonds is 10. The molecular formula is C28H25F4NO2. The van der Waals surface area contributed by atoms with Crippen molar-refractivity contribution in [2.45, 2.75) is 39.2 Å². The van der Waals surface area contributed by atoms with Gasteiger partial charge in [-0.25, -0.2) is 8.78 Å². The highest BCUT2D eigenvalue weighted by Gasteiger charge is 2.12. The van der Waals surface area contributed by atoms with E-state index in [1.807, 2.05) is 37.3 Å². The quantitative estimate of drug-likeness (QED) is 0.226. The molecule has 0 bridgehead atoms. The van der Waals surface area contributed by atoms with Crippen molar-refractivity contribution in [1.82, 2.24) is 4.98 Å². The van der Waals surface area contributed by atoms with Crippen LogP contribution in [0.2, 0.25) is 0 Å². The van der Waals surface area contributed by atoms with Crippen molar-refractivity contribution < 1.29 is 27.0 Å². The number of nitrogens with zero attached hydrogens (tertiary/aromatic N) is 1. The van der Waals surface area contributed by atoms with Crippen molar-refractivity contribution in [3.63, 3.8) is 0 Å². The van der Waals surface area contributed by atoms with Gasteiger partial charge in [0.05, 0.1) is 12.8 Å². The lowest BCUT2D eigenvalue weighted by Gasteiger charge is -2.10. The van der Waals surface area contributed by atoms with Gasteiger partial charge in [0.25, 0.3) is 0 Å². The van der Waals surface area contributed by atoms with E-state index in [-0.39, 0.29) is 5.82 Å². The number of ether oxygens (including phenoxy) is 2. The molecule has 3 aromatic carbocycles. The summed E-state index contributed by atoms with van der Waals surface area (Å²) in [4.78, 5) is 4.42. The number of halogens is 4. The van der Waals surface area contributed by atoms with Gasteiger partial charge >= 0.3 is 6.61 Å². The first-order valence-electron chi connectivity index (χ1n) is 11.4. The van der Waals surface area contributed by atoms with Gasteiger partial charge in [-0.3, -0.25) is 4.98 Å². The summed E-state index contributed by atoms with van der Waals surface area (Å²) in [5.74, 6) is -0.930. The van der Waals surface area contributed by atoms with Crippen LogP contribution in [0.25, 0.3) is 10.8 Å². The number of pyridine rings is 1. The number of hydrogen-bond donors (Lipinski definition) is 0. The zero-order valence-corrected chi connectivity index (χ0v) is 19.2. The Labute approximate surface area is 201 Å². The van der Waals surface area contributed by atoms with Crippen LogP contribution in [0.3, 0.4) is 0 Å². The SMILES string of the molecule is CCOc1ccc(CCc2ccc3c(F)c(CCc4ccc(OC(F)F)c(F)c4)ccc3c2)nc1. The second-order valence-corrected chi connectivity index (χ2v) is 8.16. The fourth-order valence-electron chi connectivity index (χ4n) is 3.99. The average Bonchev–Trinajstić information content (AvgIpc) is 2.85. The summed E-state index contributed by atoms with van der Waals surface area (Å²) in [6.45, 7) is -0.567. The molecule has 35 heavy (non-hydrogen) atoms. The minimum absolute atomic E-state index is 0.305. The smallest absolute Gasteiger partial charge is 0.387 e. The Morgan fingerprint density at radius 2 is 1.60 bits per heavy atom. The molecule has 0 saturated carbocycles. The van der Waals surface area contributed by atoms with Crippen molar-refractivity contribution in [2.24, 2.45) is 0 Å². The highest BCUT2D eigenvalue weighted by atomic mass is 19.3. The predicted molar refractivity (Wildman–Crippen MR) is 127 cm³/mol. The zero-order valence-electron chi connectivity index (χ0n) is 19.2. The van der Waals surface area contributed by atoms with Gasteiger partial charge in [-0.2, -0.15) is 8.78 Å². The number of alkyl halides is 2. The van der Waals surface area contributed by atoms with E-state index in [9.17, 15) is 13.2 Å². The molecule has 4 rings (SSSR count). The molecule has 0 saturated heterocycles. The molecule has 0 aliphatic rings. The van der Waals surface area contributed by atoms with E-state index in [0.717, 1.165) is 47.4 Å². The van der Waals surface area contributed by atoms with Gasteiger partial charge in [-0.15, -0.1) is 0 Å². The molecule has 0 atom stereocenters. The Balaban J connectivity index is 1.41. The summed E-state index contributed by atoms with van der Waals surface area (Å²) < 4.78 is 63.2. The highest BCUT2D eigenvalue weighted by Crippen LogP contribution is 2.26. The summed E-state index contributed by atoms with van der Waals surface area (Å²) >= 11 is 0. The first kappa shape index (κ1) is 24.5. The lowest BCUT2D eigenvalue weighted by Crippen LogP contribution is -2.04. The van der Waals surface area contributed by atoms with Crippen molar-refractivity contribution >= 4 is 10.8 Å². The van der Waals surface area contributed by atoms with E-state index in [1.165, 1.54) is 6.07 Å². The molecule has 0 unspecified atom stereocenters. The molecule has 0 spiro atoms. The third-order valence-corrected chi connectivity index (χ3v) is 5.77. The molecule has 0 aliphatic heterocycles. The normalized spacial score (nSPS) is 11.3. The van der Waals surface area contributed by atoms with Crippen LogP contribution in [0.15, 0.2) is 66.9 Å². The maximum atomic E-state index is 15.1. The van der Waals surface area contributed by atoms with Crippen molar-refractivity contribution in [3.8, 4) is 11.5 Å². The van der Waals surface area contributed by atoms with E-state index < -0.39 is 18.2 Å². The monoisotopic (exact) mass is 483 g/mol. The summed E-state index contributed by atoms with van der Waals surface area (Å²) in [6.07, 6.45) is 3.96. The maximum Gasteiger partial charge on any atom is 0.387 e. The zero-order chi connectivity index (χ0) is 24.8. The van der Waals surface area contributed by atoms with Crippen LogP contribution >= 0.6 is 0 Å². The Hall–Kier alpha value is -3.61. The molecule has 0 amide bonds. The first-order valence-corrected chi connectivity index (χ1v) is 11.4. The Kier molecular flexibility index (Phi) is 7.85. The van der Waals surface area contributed by atoms with E-state index in [1.54, 1.807) is 18.3 Å². The minimum atomic E-state index is -3.09. The molecule has 0 N–H and O–H groups in total. The van der Waals surface area contributed by atoms with Crippen LogP contribution in [0.1, 0.15) is 29.3 Å². The van der Waals surface area contributed by atoms with Crippen molar-refractivity contribution in [2.75, 3.05) is 6.61 Å². The lowest BCUT2D eigenvalue weighted by molar-refractivity contribution is -0.0522. The van der Waals surface area contributed by atoms with E-state index in [0.29, 0.717) is 36.0 Å². The fourth-order valence-corrected chi connectivity index (χ4v) is 3.99. The topological polar surface area (TPSA) is 31.4 Å². The first-order chi connectivity index (χ1) is 16.9. The van der Waals surface area contributed by atoms with Gasteiger partial charge in [-0.05, 0) is 78.9 Å². The number of aromatic nitrogens is 1. The van der Waals surface area contributed by atoms with Crippen LogP contribution in [0.5, 0.6) is 11.5 Å². The van der Waals surface area contributed by atoms with E-state index in [4.69, 9.17) is 4.74 Å². The maximum absolute atomic E-state index is 15.1. The minimum Gasteiger partial charge on any atom is -0.492 e. The molecular weight excluding hydrogens is 458 g/mol. The number of fused-ring (bicyclic) bond motifs is 1. The highest BCUT2D eigenvalue weighted by molar-refractivity contribution is 5.84. The second kappa shape index (κ2) is 11.2. The molecule has 4 aromatic rings. The van der Waals surface area contributed by atoms with E-state index in [2.05, 4.69) is 9.72 Å². The van der Waals surface area contributed by atoms with Gasteiger partial charge in [0.1, 0.15) is 11.6 Å².